The van der Waals surface area contributed by atoms with Crippen molar-refractivity contribution < 1.29 is 9.53 Å². The Balaban J connectivity index is 1.55. The van der Waals surface area contributed by atoms with E-state index in [-0.39, 0.29) is 6.03 Å². The van der Waals surface area contributed by atoms with E-state index in [0.29, 0.717) is 24.7 Å². The molecule has 0 atom stereocenters. The van der Waals surface area contributed by atoms with Gasteiger partial charge in [-0.05, 0) is 5.92 Å². The Morgan fingerprint density at radius 3 is 2.59 bits per heavy atom. The van der Waals surface area contributed by atoms with Crippen LogP contribution in [0.5, 0.6) is 0 Å². The SMILES string of the molecule is B=C(OCC)c1c(NC(=O)NCc2c(-n3cccc3)sc(CC)c2CCCC(C)C)sc2c1CCCC2. The van der Waals surface area contributed by atoms with Crippen LogP contribution in [0.15, 0.2) is 24.5 Å². The molecule has 37 heavy (non-hydrogen) atoms. The third kappa shape index (κ3) is 6.58. The van der Waals surface area contributed by atoms with Crippen LogP contribution in [-0.4, -0.2) is 30.3 Å². The molecule has 198 valence electrons. The van der Waals surface area contributed by atoms with Crippen LogP contribution >= 0.6 is 22.7 Å². The molecule has 0 saturated heterocycles. The Hall–Kier alpha value is -2.32. The molecule has 0 bridgehead atoms. The number of hydrogen-bond donors (Lipinski definition) is 2. The molecule has 0 spiro atoms. The zero-order valence-corrected chi connectivity index (χ0v) is 24.4. The first kappa shape index (κ1) is 27.7. The number of ether oxygens (including phenoxy) is 1. The number of fused-ring (bicyclic) bond motifs is 1. The fourth-order valence-electron chi connectivity index (χ4n) is 5.17. The number of aryl methyl sites for hydroxylation is 2. The van der Waals surface area contributed by atoms with Crippen molar-refractivity contribution in [1.29, 1.82) is 0 Å². The molecule has 4 rings (SSSR count). The average molecular weight is 538 g/mol. The van der Waals surface area contributed by atoms with E-state index in [2.05, 4.69) is 68.0 Å². The molecule has 1 aliphatic rings. The predicted molar refractivity (Wildman–Crippen MR) is 161 cm³/mol. The molecule has 0 radical (unpaired) electrons. The summed E-state index contributed by atoms with van der Waals surface area (Å²) in [4.78, 5) is 16.0. The third-order valence-corrected chi connectivity index (χ3v) is 9.61. The molecule has 5 nitrogen and oxygen atoms in total. The molecule has 3 heterocycles. The molecular formula is C29H40BN3O2S2. The van der Waals surface area contributed by atoms with Gasteiger partial charge in [-0.25, -0.2) is 0 Å². The van der Waals surface area contributed by atoms with Gasteiger partial charge in [-0.2, -0.15) is 0 Å². The first-order valence-electron chi connectivity index (χ1n) is 13.7. The van der Waals surface area contributed by atoms with E-state index >= 15 is 0 Å². The quantitative estimate of drug-likeness (QED) is 0.251. The number of amides is 2. The minimum atomic E-state index is -0.181. The minimum absolute atomic E-state index is 0.181. The molecule has 0 aromatic carbocycles. The zero-order valence-electron chi connectivity index (χ0n) is 22.7. The number of thiophene rings is 2. The van der Waals surface area contributed by atoms with Crippen LogP contribution in [0.4, 0.5) is 9.80 Å². The van der Waals surface area contributed by atoms with E-state index in [1.807, 2.05) is 18.3 Å². The molecule has 0 fully saturated rings. The van der Waals surface area contributed by atoms with E-state index in [4.69, 9.17) is 4.74 Å². The van der Waals surface area contributed by atoms with E-state index in [1.54, 1.807) is 11.3 Å². The van der Waals surface area contributed by atoms with Gasteiger partial charge in [0.25, 0.3) is 0 Å². The van der Waals surface area contributed by atoms with Crippen LogP contribution in [0.25, 0.3) is 5.00 Å². The van der Waals surface area contributed by atoms with Crippen LogP contribution in [0.1, 0.15) is 85.4 Å². The van der Waals surface area contributed by atoms with Gasteiger partial charge in [-0.3, -0.25) is 0 Å². The number of hydrogen-bond acceptors (Lipinski definition) is 4. The summed E-state index contributed by atoms with van der Waals surface area (Å²) in [5.74, 6) is 0.692. The van der Waals surface area contributed by atoms with E-state index in [0.717, 1.165) is 42.7 Å². The Bertz CT molecular complexity index is 1210. The van der Waals surface area contributed by atoms with E-state index in [9.17, 15) is 4.79 Å². The number of carbonyl (C=O) groups excluding carboxylic acids is 1. The Morgan fingerprint density at radius 2 is 1.89 bits per heavy atom. The molecule has 1 aliphatic carbocycles. The van der Waals surface area contributed by atoms with Crippen LogP contribution in [0, 0.1) is 5.92 Å². The maximum atomic E-state index is 13.2. The van der Waals surface area contributed by atoms with Gasteiger partial charge in [0.15, 0.2) is 0 Å². The van der Waals surface area contributed by atoms with Crippen molar-refractivity contribution in [3.8, 4) is 5.00 Å². The number of rotatable bonds is 12. The monoisotopic (exact) mass is 537 g/mol. The summed E-state index contributed by atoms with van der Waals surface area (Å²) in [5.41, 5.74) is 5.60. The summed E-state index contributed by atoms with van der Waals surface area (Å²) >= 11 is 3.53. The Labute approximate surface area is 230 Å². The number of aromatic nitrogens is 1. The second kappa shape index (κ2) is 13.0. The van der Waals surface area contributed by atoms with Gasteiger partial charge in [-0.15, -0.1) is 0 Å². The predicted octanol–water partition coefficient (Wildman–Crippen LogP) is 6.76. The van der Waals surface area contributed by atoms with E-state index < -0.39 is 0 Å². The average Bonchev–Trinajstić information content (AvgIpc) is 3.60. The van der Waals surface area contributed by atoms with Crippen molar-refractivity contribution in [3.05, 3.63) is 56.5 Å². The fourth-order valence-corrected chi connectivity index (χ4v) is 7.75. The zero-order chi connectivity index (χ0) is 26.4. The summed E-state index contributed by atoms with van der Waals surface area (Å²) in [7, 11) is 4.17. The normalized spacial score (nSPS) is 13.0. The summed E-state index contributed by atoms with van der Waals surface area (Å²) in [6.07, 6.45) is 13.1. The number of nitrogens with one attached hydrogen (secondary N) is 2. The number of urea groups is 1. The van der Waals surface area contributed by atoms with E-state index in [1.165, 1.54) is 50.7 Å². The van der Waals surface area contributed by atoms with Crippen molar-refractivity contribution in [2.75, 3.05) is 11.9 Å². The van der Waals surface area contributed by atoms with Crippen molar-refractivity contribution in [2.24, 2.45) is 5.92 Å². The number of carbonyl (C=O) groups is 1. The Kier molecular flexibility index (Phi) is 9.71. The number of nitrogens with zero attached hydrogens (tertiary/aromatic N) is 1. The molecule has 8 heteroatoms. The van der Waals surface area contributed by atoms with Gasteiger partial charge in [0.1, 0.15) is 0 Å². The molecule has 2 amide bonds. The molecule has 0 unspecified atom stereocenters. The second-order valence-electron chi connectivity index (χ2n) is 10.1. The van der Waals surface area contributed by atoms with Crippen molar-refractivity contribution in [1.82, 2.24) is 9.88 Å². The molecule has 0 saturated carbocycles. The van der Waals surface area contributed by atoms with Crippen molar-refractivity contribution in [3.63, 3.8) is 0 Å². The van der Waals surface area contributed by atoms with Crippen LogP contribution in [0.2, 0.25) is 0 Å². The van der Waals surface area contributed by atoms with Crippen LogP contribution in [-0.2, 0) is 37.0 Å². The second-order valence-corrected chi connectivity index (χ2v) is 12.3. The standard InChI is InChI=1S/C29H40BN3O2S2/c1-5-23-20(14-11-12-19(3)4)22(28(37-23)33-16-9-10-17-33)18-31-29(34)32-27-25(26(30)35-6-2)21-13-7-8-15-24(21)36-27/h9-10,16-17,19,30H,5-8,11-15,18H2,1-4H3,(H2,31,32,34). The van der Waals surface area contributed by atoms with Gasteiger partial charge >= 0.3 is 211 Å². The summed E-state index contributed by atoms with van der Waals surface area (Å²) < 4.78 is 7.97. The molecule has 0 aliphatic heterocycles. The molecule has 2 N–H and O–H groups in total. The van der Waals surface area contributed by atoms with Gasteiger partial charge in [-0.1, -0.05) is 13.8 Å². The third-order valence-electron chi connectivity index (χ3n) is 6.97. The van der Waals surface area contributed by atoms with Crippen LogP contribution < -0.4 is 10.6 Å². The van der Waals surface area contributed by atoms with Gasteiger partial charge in [0.05, 0.1) is 0 Å². The van der Waals surface area contributed by atoms with Crippen LogP contribution in [0.3, 0.4) is 0 Å². The Morgan fingerprint density at radius 1 is 1.14 bits per heavy atom. The summed E-state index contributed by atoms with van der Waals surface area (Å²) in [6.45, 7) is 9.82. The molecule has 3 aromatic rings. The van der Waals surface area contributed by atoms with Gasteiger partial charge < -0.3 is 0 Å². The fraction of sp³-hybridized carbons (Fsp3) is 0.517. The summed E-state index contributed by atoms with van der Waals surface area (Å²) in [5, 5.41) is 8.40. The van der Waals surface area contributed by atoms with Gasteiger partial charge in [0, 0.05) is 0 Å². The molecule has 3 aromatic heterocycles. The number of anilines is 1. The maximum absolute atomic E-state index is 13.2. The van der Waals surface area contributed by atoms with Gasteiger partial charge in [0.2, 0.25) is 0 Å². The summed E-state index contributed by atoms with van der Waals surface area (Å²) in [6, 6.07) is 3.93. The van der Waals surface area contributed by atoms with Crippen molar-refractivity contribution >= 4 is 46.8 Å². The first-order chi connectivity index (χ1) is 17.9. The topological polar surface area (TPSA) is 55.3 Å². The molecular weight excluding hydrogens is 497 g/mol. The first-order valence-corrected chi connectivity index (χ1v) is 15.3. The van der Waals surface area contributed by atoms with Crippen molar-refractivity contribution in [2.45, 2.75) is 85.6 Å².